The molecule has 10 aromatic carbocycles. The Hall–Kier alpha value is -6.74. The van der Waals surface area contributed by atoms with E-state index < -0.39 is 0 Å². The van der Waals surface area contributed by atoms with E-state index in [0.29, 0.717) is 0 Å². The molecule has 0 spiro atoms. The molecule has 12 aromatic rings. The lowest BCUT2D eigenvalue weighted by Crippen LogP contribution is -1.91. The lowest BCUT2D eigenvalue weighted by Gasteiger charge is -2.18. The van der Waals surface area contributed by atoms with Crippen molar-refractivity contribution in [2.45, 2.75) is 0 Å². The van der Waals surface area contributed by atoms with E-state index in [0.717, 1.165) is 16.6 Å². The van der Waals surface area contributed by atoms with E-state index in [1.165, 1.54) is 102 Å². The van der Waals surface area contributed by atoms with Crippen LogP contribution in [0, 0.1) is 0 Å². The van der Waals surface area contributed by atoms with Crippen molar-refractivity contribution in [3.63, 3.8) is 0 Å². The van der Waals surface area contributed by atoms with Crippen LogP contribution >= 0.6 is 11.3 Å². The van der Waals surface area contributed by atoms with E-state index in [-0.39, 0.29) is 0 Å². The molecule has 0 unspecified atom stereocenters. The van der Waals surface area contributed by atoms with Gasteiger partial charge in [0.1, 0.15) is 11.2 Å². The van der Waals surface area contributed by atoms with Gasteiger partial charge in [-0.2, -0.15) is 0 Å². The van der Waals surface area contributed by atoms with Gasteiger partial charge in [0.25, 0.3) is 0 Å². The lowest BCUT2D eigenvalue weighted by molar-refractivity contribution is 0.673. The van der Waals surface area contributed by atoms with Crippen molar-refractivity contribution in [1.29, 1.82) is 0 Å². The van der Waals surface area contributed by atoms with Crippen LogP contribution in [-0.4, -0.2) is 0 Å². The summed E-state index contributed by atoms with van der Waals surface area (Å²) in [5.41, 5.74) is 9.37. The highest BCUT2D eigenvalue weighted by Gasteiger charge is 2.20. The number of hydrogen-bond acceptors (Lipinski definition) is 2. The SMILES string of the molecule is c1cc(-c2ccc3ccccc3c2)cc(-c2c3ccccc3c(-c3ccc4c(c3)sc3c4ccc4oc5c6ccccc6ccc5c43)c3ccccc23)c1. The van der Waals surface area contributed by atoms with Crippen molar-refractivity contribution >= 4 is 96.5 Å². The zero-order valence-corrected chi connectivity index (χ0v) is 30.0. The van der Waals surface area contributed by atoms with Crippen molar-refractivity contribution in [2.75, 3.05) is 0 Å². The van der Waals surface area contributed by atoms with Gasteiger partial charge in [-0.1, -0.05) is 146 Å². The molecular weight excluding hydrogens is 673 g/mol. The average molecular weight is 703 g/mol. The first-order valence-electron chi connectivity index (χ1n) is 18.5. The monoisotopic (exact) mass is 702 g/mol. The Morgan fingerprint density at radius 1 is 0.333 bits per heavy atom. The molecule has 2 heteroatoms. The van der Waals surface area contributed by atoms with Gasteiger partial charge in [-0.25, -0.2) is 0 Å². The molecule has 0 aliphatic rings. The molecule has 12 rings (SSSR count). The first-order chi connectivity index (χ1) is 26.8. The molecule has 0 saturated heterocycles. The summed E-state index contributed by atoms with van der Waals surface area (Å²) in [7, 11) is 0. The summed E-state index contributed by atoms with van der Waals surface area (Å²) in [5.74, 6) is 0. The number of thiophene rings is 1. The van der Waals surface area contributed by atoms with Gasteiger partial charge in [-0.15, -0.1) is 11.3 Å². The Labute approximate surface area is 314 Å². The lowest BCUT2D eigenvalue weighted by atomic mass is 9.85. The summed E-state index contributed by atoms with van der Waals surface area (Å²) in [6.45, 7) is 0. The third kappa shape index (κ3) is 4.32. The zero-order valence-electron chi connectivity index (χ0n) is 29.1. The Bertz CT molecular complexity index is 3450. The number of hydrogen-bond donors (Lipinski definition) is 0. The predicted molar refractivity (Wildman–Crippen MR) is 233 cm³/mol. The Morgan fingerprint density at radius 3 is 1.65 bits per heavy atom. The second kappa shape index (κ2) is 11.4. The van der Waals surface area contributed by atoms with Crippen LogP contribution in [0.15, 0.2) is 186 Å². The van der Waals surface area contributed by atoms with Gasteiger partial charge in [0.15, 0.2) is 0 Å². The summed E-state index contributed by atoms with van der Waals surface area (Å²) in [5, 5.41) is 14.9. The molecule has 0 saturated carbocycles. The van der Waals surface area contributed by atoms with Crippen LogP contribution in [0.2, 0.25) is 0 Å². The van der Waals surface area contributed by atoms with Gasteiger partial charge in [-0.3, -0.25) is 0 Å². The molecule has 0 amide bonds. The Kier molecular flexibility index (Phi) is 6.28. The topological polar surface area (TPSA) is 13.1 Å². The van der Waals surface area contributed by atoms with Gasteiger partial charge >= 0.3 is 0 Å². The molecule has 1 nitrogen and oxygen atoms in total. The maximum Gasteiger partial charge on any atom is 0.143 e. The maximum absolute atomic E-state index is 6.56. The smallest absolute Gasteiger partial charge is 0.143 e. The molecule has 54 heavy (non-hydrogen) atoms. The summed E-state index contributed by atoms with van der Waals surface area (Å²) < 4.78 is 9.13. The van der Waals surface area contributed by atoms with Crippen LogP contribution < -0.4 is 0 Å². The highest BCUT2D eigenvalue weighted by Crippen LogP contribution is 2.48. The molecule has 0 N–H and O–H groups in total. The van der Waals surface area contributed by atoms with Crippen molar-refractivity contribution in [3.8, 4) is 33.4 Å². The molecule has 0 atom stereocenters. The van der Waals surface area contributed by atoms with Crippen LogP contribution in [0.3, 0.4) is 0 Å². The standard InChI is InChI=1S/C52H30OS/c1-2-12-33-28-35(21-20-31(33)10-1)34-13-9-14-36(29-34)48-40-16-5-7-18-42(40)49(43-19-8-6-17-41(43)48)37-23-24-39-44-26-27-46-50(52(44)54-47(39)30-37)45-25-22-32-11-3-4-15-38(32)51(45)53-46/h1-30H. The molecule has 0 fully saturated rings. The molecule has 0 bridgehead atoms. The zero-order chi connectivity index (χ0) is 35.3. The minimum atomic E-state index is 0.942. The molecule has 0 aliphatic carbocycles. The second-order valence-corrected chi connectivity index (χ2v) is 15.4. The van der Waals surface area contributed by atoms with Gasteiger partial charge < -0.3 is 4.42 Å². The summed E-state index contributed by atoms with van der Waals surface area (Å²) in [6, 6.07) is 66.8. The maximum atomic E-state index is 6.56. The third-order valence-corrected chi connectivity index (χ3v) is 12.6. The van der Waals surface area contributed by atoms with E-state index >= 15 is 0 Å². The normalized spacial score (nSPS) is 12.1. The molecule has 2 aromatic heterocycles. The van der Waals surface area contributed by atoms with Gasteiger partial charge in [-0.05, 0) is 107 Å². The van der Waals surface area contributed by atoms with Crippen molar-refractivity contribution in [2.24, 2.45) is 0 Å². The fourth-order valence-corrected chi connectivity index (χ4v) is 10.2. The average Bonchev–Trinajstić information content (AvgIpc) is 3.81. The van der Waals surface area contributed by atoms with Gasteiger partial charge in [0, 0.05) is 36.3 Å². The summed E-state index contributed by atoms with van der Waals surface area (Å²) >= 11 is 1.88. The third-order valence-electron chi connectivity index (χ3n) is 11.4. The first-order valence-corrected chi connectivity index (χ1v) is 19.3. The van der Waals surface area contributed by atoms with Crippen molar-refractivity contribution in [1.82, 2.24) is 0 Å². The fourth-order valence-electron chi connectivity index (χ4n) is 8.95. The molecular formula is C52H30OS. The van der Waals surface area contributed by atoms with Crippen LogP contribution in [-0.2, 0) is 0 Å². The predicted octanol–water partition coefficient (Wildman–Crippen LogP) is 15.6. The van der Waals surface area contributed by atoms with E-state index in [1.807, 2.05) is 11.3 Å². The van der Waals surface area contributed by atoms with Gasteiger partial charge in [0.05, 0.1) is 0 Å². The first kappa shape index (κ1) is 29.8. The van der Waals surface area contributed by atoms with E-state index in [4.69, 9.17) is 4.42 Å². The van der Waals surface area contributed by atoms with E-state index in [9.17, 15) is 0 Å². The number of benzene rings is 10. The molecule has 2 heterocycles. The highest BCUT2D eigenvalue weighted by atomic mass is 32.1. The van der Waals surface area contributed by atoms with Crippen LogP contribution in [0.4, 0.5) is 0 Å². The second-order valence-electron chi connectivity index (χ2n) is 14.4. The summed E-state index contributed by atoms with van der Waals surface area (Å²) in [6.07, 6.45) is 0. The fraction of sp³-hybridized carbons (Fsp3) is 0. The van der Waals surface area contributed by atoms with E-state index in [1.54, 1.807) is 0 Å². The molecule has 0 aliphatic heterocycles. The number of furan rings is 1. The van der Waals surface area contributed by atoms with Crippen LogP contribution in [0.25, 0.3) is 119 Å². The van der Waals surface area contributed by atoms with Crippen LogP contribution in [0.1, 0.15) is 0 Å². The van der Waals surface area contributed by atoms with Crippen molar-refractivity contribution < 1.29 is 4.42 Å². The minimum Gasteiger partial charge on any atom is -0.455 e. The Morgan fingerprint density at radius 2 is 0.889 bits per heavy atom. The largest absolute Gasteiger partial charge is 0.455 e. The minimum absolute atomic E-state index is 0.942. The summed E-state index contributed by atoms with van der Waals surface area (Å²) in [4.78, 5) is 0. The Balaban J connectivity index is 1.07. The molecule has 250 valence electrons. The number of rotatable bonds is 3. The highest BCUT2D eigenvalue weighted by molar-refractivity contribution is 7.26. The molecule has 0 radical (unpaired) electrons. The van der Waals surface area contributed by atoms with Crippen LogP contribution in [0.5, 0.6) is 0 Å². The number of fused-ring (bicyclic) bond motifs is 12. The van der Waals surface area contributed by atoms with Crippen molar-refractivity contribution in [3.05, 3.63) is 182 Å². The quantitative estimate of drug-likeness (QED) is 0.167. The van der Waals surface area contributed by atoms with Gasteiger partial charge in [0.2, 0.25) is 0 Å². The van der Waals surface area contributed by atoms with E-state index in [2.05, 4.69) is 182 Å².